The van der Waals surface area contributed by atoms with Gasteiger partial charge in [-0.3, -0.25) is 0 Å². The standard InChI is InChI=1S/C55H35NS/c1-3-16-40(17-4-1)55(41-18-5-2-6-19-41)49-23-10-7-20-43(49)46-35-42(28-29-50(46)55)56-51-24-11-8-21-44(51)47-33-38(26-30-52(47)56)36-14-13-15-37(32-36)39-27-31-54-48(34-39)45-22-9-12-25-53(45)57-54/h1-35H. The van der Waals surface area contributed by atoms with E-state index in [1.165, 1.54) is 97.6 Å². The third-order valence-electron chi connectivity index (χ3n) is 12.3. The number of rotatable bonds is 5. The van der Waals surface area contributed by atoms with Gasteiger partial charge in [0.1, 0.15) is 0 Å². The van der Waals surface area contributed by atoms with E-state index in [0.29, 0.717) is 0 Å². The summed E-state index contributed by atoms with van der Waals surface area (Å²) in [5.41, 5.74) is 15.8. The summed E-state index contributed by atoms with van der Waals surface area (Å²) in [6.07, 6.45) is 0. The van der Waals surface area contributed by atoms with E-state index in [-0.39, 0.29) is 0 Å². The molecule has 0 bridgehead atoms. The molecule has 0 aliphatic heterocycles. The molecule has 0 saturated carbocycles. The van der Waals surface area contributed by atoms with Crippen LogP contribution >= 0.6 is 11.3 Å². The molecular formula is C55H35NS. The minimum absolute atomic E-state index is 0.416. The Hall–Kier alpha value is -7.00. The van der Waals surface area contributed by atoms with Gasteiger partial charge in [0.25, 0.3) is 0 Å². The van der Waals surface area contributed by atoms with Crippen LogP contribution in [0.1, 0.15) is 22.3 Å². The van der Waals surface area contributed by atoms with E-state index < -0.39 is 5.41 Å². The molecule has 0 fully saturated rings. The number of hydrogen-bond donors (Lipinski definition) is 0. The minimum atomic E-state index is -0.416. The Labute approximate surface area is 335 Å². The lowest BCUT2D eigenvalue weighted by Crippen LogP contribution is -2.28. The predicted octanol–water partition coefficient (Wildman–Crippen LogP) is 14.8. The van der Waals surface area contributed by atoms with Gasteiger partial charge < -0.3 is 4.57 Å². The smallest absolute Gasteiger partial charge is 0.0713 e. The van der Waals surface area contributed by atoms with E-state index in [4.69, 9.17) is 0 Å². The highest BCUT2D eigenvalue weighted by atomic mass is 32.1. The zero-order chi connectivity index (χ0) is 37.5. The van der Waals surface area contributed by atoms with Gasteiger partial charge in [-0.1, -0.05) is 158 Å². The average molecular weight is 742 g/mol. The van der Waals surface area contributed by atoms with Crippen LogP contribution < -0.4 is 0 Å². The summed E-state index contributed by atoms with van der Waals surface area (Å²) in [6.45, 7) is 0. The van der Waals surface area contributed by atoms with Crippen LogP contribution in [-0.4, -0.2) is 4.57 Å². The molecule has 0 amide bonds. The molecule has 0 unspecified atom stereocenters. The molecule has 2 aromatic heterocycles. The Morgan fingerprint density at radius 3 is 1.70 bits per heavy atom. The molecule has 1 aliphatic rings. The highest BCUT2D eigenvalue weighted by Gasteiger charge is 2.46. The number of nitrogens with zero attached hydrogens (tertiary/aromatic N) is 1. The molecule has 266 valence electrons. The van der Waals surface area contributed by atoms with E-state index in [9.17, 15) is 0 Å². The number of fused-ring (bicyclic) bond motifs is 9. The number of benzene rings is 9. The van der Waals surface area contributed by atoms with Crippen LogP contribution in [0.5, 0.6) is 0 Å². The van der Waals surface area contributed by atoms with Gasteiger partial charge in [0.2, 0.25) is 0 Å². The summed E-state index contributed by atoms with van der Waals surface area (Å²) in [4.78, 5) is 0. The summed E-state index contributed by atoms with van der Waals surface area (Å²) in [5.74, 6) is 0. The van der Waals surface area contributed by atoms with Gasteiger partial charge in [0, 0.05) is 36.6 Å². The van der Waals surface area contributed by atoms with Crippen molar-refractivity contribution in [3.8, 4) is 39.1 Å². The monoisotopic (exact) mass is 741 g/mol. The van der Waals surface area contributed by atoms with Crippen molar-refractivity contribution in [2.45, 2.75) is 5.41 Å². The quantitative estimate of drug-likeness (QED) is 0.166. The maximum atomic E-state index is 2.46. The molecular weight excluding hydrogens is 707 g/mol. The Morgan fingerprint density at radius 2 is 0.912 bits per heavy atom. The van der Waals surface area contributed by atoms with Crippen LogP contribution in [0.15, 0.2) is 212 Å². The first-order chi connectivity index (χ1) is 28.3. The number of thiophene rings is 1. The van der Waals surface area contributed by atoms with Crippen LogP contribution in [0, 0.1) is 0 Å². The molecule has 0 atom stereocenters. The summed E-state index contributed by atoms with van der Waals surface area (Å²) < 4.78 is 5.12. The summed E-state index contributed by atoms with van der Waals surface area (Å²) >= 11 is 1.87. The Kier molecular flexibility index (Phi) is 7.08. The Morgan fingerprint density at radius 1 is 0.333 bits per heavy atom. The van der Waals surface area contributed by atoms with Crippen molar-refractivity contribution >= 4 is 53.3 Å². The van der Waals surface area contributed by atoms with E-state index in [1.54, 1.807) is 0 Å². The van der Waals surface area contributed by atoms with Gasteiger partial charge in [-0.25, -0.2) is 0 Å². The van der Waals surface area contributed by atoms with E-state index in [2.05, 4.69) is 217 Å². The molecule has 1 nitrogen and oxygen atoms in total. The lowest BCUT2D eigenvalue weighted by atomic mass is 9.68. The SMILES string of the molecule is c1ccc(C2(c3ccccc3)c3ccccc3-c3cc(-n4c5ccccc5c5cc(-c6cccc(-c7ccc8sc9ccccc9c8c7)c6)ccc54)ccc32)cc1. The van der Waals surface area contributed by atoms with Gasteiger partial charge in [0.05, 0.1) is 16.4 Å². The molecule has 2 heteroatoms. The van der Waals surface area contributed by atoms with Crippen molar-refractivity contribution in [1.82, 2.24) is 4.57 Å². The lowest BCUT2D eigenvalue weighted by Gasteiger charge is -2.33. The molecule has 0 spiro atoms. The molecule has 12 rings (SSSR count). The maximum absolute atomic E-state index is 2.46. The topological polar surface area (TPSA) is 4.93 Å². The lowest BCUT2D eigenvalue weighted by molar-refractivity contribution is 0.768. The summed E-state index contributed by atoms with van der Waals surface area (Å²) in [5, 5.41) is 5.16. The second-order valence-corrected chi connectivity index (χ2v) is 16.3. The highest BCUT2D eigenvalue weighted by molar-refractivity contribution is 7.25. The first-order valence-corrected chi connectivity index (χ1v) is 20.5. The minimum Gasteiger partial charge on any atom is -0.309 e. The van der Waals surface area contributed by atoms with E-state index >= 15 is 0 Å². The fraction of sp³-hybridized carbons (Fsp3) is 0.0182. The van der Waals surface area contributed by atoms with Crippen LogP contribution in [0.25, 0.3) is 81.0 Å². The molecule has 0 saturated heterocycles. The fourth-order valence-electron chi connectivity index (χ4n) is 9.79. The molecule has 1 aliphatic carbocycles. The molecule has 0 radical (unpaired) electrons. The summed E-state index contributed by atoms with van der Waals surface area (Å²) in [7, 11) is 0. The summed E-state index contributed by atoms with van der Waals surface area (Å²) in [6, 6.07) is 78.8. The van der Waals surface area contributed by atoms with Crippen LogP contribution in [0.3, 0.4) is 0 Å². The number of hydrogen-bond acceptors (Lipinski definition) is 1. The fourth-order valence-corrected chi connectivity index (χ4v) is 10.9. The maximum Gasteiger partial charge on any atom is 0.0713 e. The second kappa shape index (κ2) is 12.5. The zero-order valence-electron chi connectivity index (χ0n) is 31.1. The molecule has 0 N–H and O–H groups in total. The third kappa shape index (κ3) is 4.75. The largest absolute Gasteiger partial charge is 0.309 e. The van der Waals surface area contributed by atoms with Gasteiger partial charge in [-0.05, 0) is 110 Å². The van der Waals surface area contributed by atoms with Crippen LogP contribution in [-0.2, 0) is 5.41 Å². The van der Waals surface area contributed by atoms with E-state index in [1.807, 2.05) is 11.3 Å². The van der Waals surface area contributed by atoms with Gasteiger partial charge in [-0.15, -0.1) is 11.3 Å². The highest BCUT2D eigenvalue weighted by Crippen LogP contribution is 2.56. The molecule has 57 heavy (non-hydrogen) atoms. The van der Waals surface area contributed by atoms with Crippen molar-refractivity contribution in [2.75, 3.05) is 0 Å². The number of para-hydroxylation sites is 1. The van der Waals surface area contributed by atoms with E-state index in [0.717, 1.165) is 5.69 Å². The van der Waals surface area contributed by atoms with Crippen molar-refractivity contribution in [2.24, 2.45) is 0 Å². The van der Waals surface area contributed by atoms with Gasteiger partial charge in [-0.2, -0.15) is 0 Å². The average Bonchev–Trinajstić information content (AvgIpc) is 3.93. The first kappa shape index (κ1) is 32.3. The van der Waals surface area contributed by atoms with Crippen LogP contribution in [0.4, 0.5) is 0 Å². The molecule has 11 aromatic rings. The Bertz CT molecular complexity index is 3310. The van der Waals surface area contributed by atoms with Gasteiger partial charge in [0.15, 0.2) is 0 Å². The Balaban J connectivity index is 1.01. The van der Waals surface area contributed by atoms with Crippen molar-refractivity contribution < 1.29 is 0 Å². The van der Waals surface area contributed by atoms with Crippen LogP contribution in [0.2, 0.25) is 0 Å². The normalized spacial score (nSPS) is 13.1. The van der Waals surface area contributed by atoms with Crippen molar-refractivity contribution in [3.63, 3.8) is 0 Å². The molecule has 9 aromatic carbocycles. The second-order valence-electron chi connectivity index (χ2n) is 15.2. The first-order valence-electron chi connectivity index (χ1n) is 19.7. The number of aromatic nitrogens is 1. The van der Waals surface area contributed by atoms with Gasteiger partial charge >= 0.3 is 0 Å². The van der Waals surface area contributed by atoms with Crippen molar-refractivity contribution in [3.05, 3.63) is 235 Å². The predicted molar refractivity (Wildman–Crippen MR) is 242 cm³/mol. The third-order valence-corrected chi connectivity index (χ3v) is 13.4. The zero-order valence-corrected chi connectivity index (χ0v) is 31.9. The molecule has 2 heterocycles. The van der Waals surface area contributed by atoms with Crippen molar-refractivity contribution in [1.29, 1.82) is 0 Å².